The molecule has 0 aliphatic heterocycles. The first-order valence-corrected chi connectivity index (χ1v) is 9.60. The van der Waals surface area contributed by atoms with E-state index in [1.54, 1.807) is 23.2 Å². The van der Waals surface area contributed by atoms with Crippen LogP contribution in [0.2, 0.25) is 0 Å². The van der Waals surface area contributed by atoms with Gasteiger partial charge in [-0.15, -0.1) is 5.10 Å². The standard InChI is InChI=1S/C23H22N4O2/c28-22(18-27-23(29)26-15-8-7-13-21(26)24-27)25(17-20-11-5-2-6-12-20)16-14-19-9-3-1-4-10-19/h1-13,15H,14,16-18H2. The van der Waals surface area contributed by atoms with Crippen LogP contribution in [0.4, 0.5) is 0 Å². The van der Waals surface area contributed by atoms with Crippen molar-refractivity contribution in [3.8, 4) is 0 Å². The van der Waals surface area contributed by atoms with Crippen molar-refractivity contribution in [3.63, 3.8) is 0 Å². The average molecular weight is 386 g/mol. The molecule has 0 unspecified atom stereocenters. The second kappa shape index (κ2) is 8.56. The van der Waals surface area contributed by atoms with Crippen LogP contribution < -0.4 is 5.69 Å². The van der Waals surface area contributed by atoms with E-state index in [-0.39, 0.29) is 18.1 Å². The van der Waals surface area contributed by atoms with Crippen molar-refractivity contribution in [2.24, 2.45) is 0 Å². The normalized spacial score (nSPS) is 10.9. The van der Waals surface area contributed by atoms with Crippen LogP contribution in [0.5, 0.6) is 0 Å². The molecule has 146 valence electrons. The fraction of sp³-hybridized carbons (Fsp3) is 0.174. The van der Waals surface area contributed by atoms with E-state index in [9.17, 15) is 9.59 Å². The molecule has 0 fully saturated rings. The highest BCUT2D eigenvalue weighted by Gasteiger charge is 2.17. The van der Waals surface area contributed by atoms with Crippen molar-refractivity contribution in [3.05, 3.63) is 107 Å². The number of amides is 1. The third-order valence-corrected chi connectivity index (χ3v) is 4.86. The van der Waals surface area contributed by atoms with Crippen molar-refractivity contribution in [1.82, 2.24) is 19.1 Å². The van der Waals surface area contributed by atoms with Crippen molar-refractivity contribution >= 4 is 11.6 Å². The van der Waals surface area contributed by atoms with Gasteiger partial charge in [0.2, 0.25) is 5.91 Å². The third kappa shape index (κ3) is 4.43. The van der Waals surface area contributed by atoms with Crippen molar-refractivity contribution in [1.29, 1.82) is 0 Å². The van der Waals surface area contributed by atoms with E-state index in [4.69, 9.17) is 0 Å². The zero-order valence-corrected chi connectivity index (χ0v) is 16.0. The fourth-order valence-electron chi connectivity index (χ4n) is 3.30. The highest BCUT2D eigenvalue weighted by atomic mass is 16.2. The molecule has 29 heavy (non-hydrogen) atoms. The summed E-state index contributed by atoms with van der Waals surface area (Å²) in [5, 5.41) is 4.28. The number of rotatable bonds is 7. The summed E-state index contributed by atoms with van der Waals surface area (Å²) in [7, 11) is 0. The second-order valence-corrected chi connectivity index (χ2v) is 6.91. The Balaban J connectivity index is 1.54. The Bertz CT molecular complexity index is 1150. The molecule has 0 atom stereocenters. The van der Waals surface area contributed by atoms with Gasteiger partial charge in [0, 0.05) is 19.3 Å². The Morgan fingerprint density at radius 2 is 1.52 bits per heavy atom. The smallest absolute Gasteiger partial charge is 0.336 e. The summed E-state index contributed by atoms with van der Waals surface area (Å²) in [5.74, 6) is -0.129. The number of fused-ring (bicyclic) bond motifs is 1. The summed E-state index contributed by atoms with van der Waals surface area (Å²) in [6.45, 7) is 0.983. The second-order valence-electron chi connectivity index (χ2n) is 6.91. The molecular weight excluding hydrogens is 364 g/mol. The Kier molecular flexibility index (Phi) is 5.52. The van der Waals surface area contributed by atoms with Gasteiger partial charge in [0.1, 0.15) is 6.54 Å². The molecule has 0 N–H and O–H groups in total. The predicted molar refractivity (Wildman–Crippen MR) is 111 cm³/mol. The number of nitrogens with zero attached hydrogens (tertiary/aromatic N) is 4. The maximum Gasteiger partial charge on any atom is 0.350 e. The third-order valence-electron chi connectivity index (χ3n) is 4.86. The number of carbonyl (C=O) groups is 1. The molecule has 0 aliphatic carbocycles. The van der Waals surface area contributed by atoms with Crippen molar-refractivity contribution in [2.75, 3.05) is 6.54 Å². The van der Waals surface area contributed by atoms with E-state index in [2.05, 4.69) is 17.2 Å². The first-order valence-electron chi connectivity index (χ1n) is 9.60. The number of hydrogen-bond donors (Lipinski definition) is 0. The summed E-state index contributed by atoms with van der Waals surface area (Å²) in [4.78, 5) is 27.4. The highest BCUT2D eigenvalue weighted by Crippen LogP contribution is 2.08. The van der Waals surface area contributed by atoms with Gasteiger partial charge in [0.05, 0.1) is 0 Å². The highest BCUT2D eigenvalue weighted by molar-refractivity contribution is 5.76. The molecule has 6 heteroatoms. The number of hydrogen-bond acceptors (Lipinski definition) is 3. The quantitative estimate of drug-likeness (QED) is 0.491. The summed E-state index contributed by atoms with van der Waals surface area (Å²) >= 11 is 0. The Labute approximate surface area is 168 Å². The maximum atomic E-state index is 13.1. The van der Waals surface area contributed by atoms with E-state index < -0.39 is 0 Å². The molecule has 2 aromatic carbocycles. The van der Waals surface area contributed by atoms with Gasteiger partial charge in [-0.3, -0.25) is 9.20 Å². The van der Waals surface area contributed by atoms with Crippen LogP contribution in [0.3, 0.4) is 0 Å². The summed E-state index contributed by atoms with van der Waals surface area (Å²) < 4.78 is 2.68. The summed E-state index contributed by atoms with van der Waals surface area (Å²) in [6.07, 6.45) is 2.41. The minimum absolute atomic E-state index is 0.0812. The molecule has 0 saturated carbocycles. The van der Waals surface area contributed by atoms with Gasteiger partial charge < -0.3 is 4.90 Å². The lowest BCUT2D eigenvalue weighted by atomic mass is 10.1. The molecule has 0 radical (unpaired) electrons. The molecule has 0 spiro atoms. The minimum atomic E-state index is -0.309. The van der Waals surface area contributed by atoms with Crippen LogP contribution in [0, 0.1) is 0 Å². The van der Waals surface area contributed by atoms with Gasteiger partial charge in [-0.25, -0.2) is 9.48 Å². The first kappa shape index (κ1) is 18.7. The van der Waals surface area contributed by atoms with Gasteiger partial charge >= 0.3 is 5.69 Å². The average Bonchev–Trinajstić information content (AvgIpc) is 3.08. The molecule has 2 heterocycles. The van der Waals surface area contributed by atoms with Gasteiger partial charge in [0.15, 0.2) is 5.65 Å². The van der Waals surface area contributed by atoms with Gasteiger partial charge in [-0.05, 0) is 29.7 Å². The first-order chi connectivity index (χ1) is 14.2. The molecule has 0 aliphatic rings. The lowest BCUT2D eigenvalue weighted by Crippen LogP contribution is -2.37. The van der Waals surface area contributed by atoms with Crippen LogP contribution in [0.25, 0.3) is 5.65 Å². The number of pyridine rings is 1. The molecule has 4 aromatic rings. The van der Waals surface area contributed by atoms with E-state index in [0.717, 1.165) is 12.0 Å². The SMILES string of the molecule is O=C(Cn1nc2ccccn2c1=O)N(CCc1ccccc1)Cc1ccccc1. The molecule has 0 saturated heterocycles. The number of carbonyl (C=O) groups excluding carboxylic acids is 1. The molecule has 1 amide bonds. The Morgan fingerprint density at radius 1 is 0.862 bits per heavy atom. The van der Waals surface area contributed by atoms with Crippen LogP contribution in [0.15, 0.2) is 89.9 Å². The molecule has 2 aromatic heterocycles. The minimum Gasteiger partial charge on any atom is -0.336 e. The zero-order valence-electron chi connectivity index (χ0n) is 16.0. The van der Waals surface area contributed by atoms with E-state index in [1.165, 1.54) is 14.6 Å². The monoisotopic (exact) mass is 386 g/mol. The summed E-state index contributed by atoms with van der Waals surface area (Å²) in [5.41, 5.74) is 2.44. The van der Waals surface area contributed by atoms with Crippen LogP contribution in [-0.4, -0.2) is 31.5 Å². The van der Waals surface area contributed by atoms with Crippen LogP contribution >= 0.6 is 0 Å². The van der Waals surface area contributed by atoms with Gasteiger partial charge in [0.25, 0.3) is 0 Å². The van der Waals surface area contributed by atoms with E-state index in [1.807, 2.05) is 54.6 Å². The van der Waals surface area contributed by atoms with Crippen LogP contribution in [0.1, 0.15) is 11.1 Å². The van der Waals surface area contributed by atoms with Gasteiger partial charge in [-0.2, -0.15) is 0 Å². The predicted octanol–water partition coefficient (Wildman–Crippen LogP) is 2.77. The van der Waals surface area contributed by atoms with E-state index >= 15 is 0 Å². The largest absolute Gasteiger partial charge is 0.350 e. The van der Waals surface area contributed by atoms with Crippen molar-refractivity contribution < 1.29 is 4.79 Å². The lowest BCUT2D eigenvalue weighted by molar-refractivity contribution is -0.132. The number of benzene rings is 2. The van der Waals surface area contributed by atoms with E-state index in [0.29, 0.717) is 18.7 Å². The lowest BCUT2D eigenvalue weighted by Gasteiger charge is -2.23. The summed E-state index contributed by atoms with van der Waals surface area (Å²) in [6, 6.07) is 25.3. The Hall–Kier alpha value is -3.67. The number of aromatic nitrogens is 3. The molecular formula is C23H22N4O2. The van der Waals surface area contributed by atoms with Crippen LogP contribution in [-0.2, 0) is 24.3 Å². The molecule has 4 rings (SSSR count). The molecule has 0 bridgehead atoms. The van der Waals surface area contributed by atoms with Gasteiger partial charge in [-0.1, -0.05) is 66.7 Å². The maximum absolute atomic E-state index is 13.1. The molecule has 6 nitrogen and oxygen atoms in total. The fourth-order valence-corrected chi connectivity index (χ4v) is 3.30. The van der Waals surface area contributed by atoms with Crippen molar-refractivity contribution in [2.45, 2.75) is 19.5 Å². The Morgan fingerprint density at radius 3 is 2.21 bits per heavy atom. The topological polar surface area (TPSA) is 59.6 Å². The zero-order chi connectivity index (χ0) is 20.1.